The summed E-state index contributed by atoms with van der Waals surface area (Å²) in [5.74, 6) is 1.30. The predicted octanol–water partition coefficient (Wildman–Crippen LogP) is 4.06. The van der Waals surface area contributed by atoms with Crippen LogP contribution in [0.1, 0.15) is 64.2 Å². The smallest absolute Gasteiger partial charge is 0.0392 e. The maximum Gasteiger partial charge on any atom is 0.0392 e. The zero-order valence-electron chi connectivity index (χ0n) is 11.8. The number of nitrogens with two attached hydrogens (primary N) is 1. The highest BCUT2D eigenvalue weighted by atomic mass is 14.7. The van der Waals surface area contributed by atoms with E-state index in [0.717, 1.165) is 5.70 Å². The van der Waals surface area contributed by atoms with Gasteiger partial charge in [-0.05, 0) is 37.7 Å². The number of hydrogen-bond donors (Lipinski definition) is 1. The van der Waals surface area contributed by atoms with Crippen molar-refractivity contribution in [1.82, 2.24) is 0 Å². The van der Waals surface area contributed by atoms with Gasteiger partial charge in [0.1, 0.15) is 0 Å². The topological polar surface area (TPSA) is 38.4 Å². The van der Waals surface area contributed by atoms with Crippen molar-refractivity contribution in [2.75, 3.05) is 7.05 Å². The van der Waals surface area contributed by atoms with Crippen LogP contribution >= 0.6 is 0 Å². The van der Waals surface area contributed by atoms with E-state index in [0.29, 0.717) is 11.8 Å². The Hall–Kier alpha value is -0.790. The third-order valence-corrected chi connectivity index (χ3v) is 4.67. The summed E-state index contributed by atoms with van der Waals surface area (Å²) in [7, 11) is 1.93. The number of allylic oxidation sites excluding steroid dienone is 2. The molecule has 0 saturated heterocycles. The van der Waals surface area contributed by atoms with E-state index in [1.807, 2.05) is 7.05 Å². The van der Waals surface area contributed by atoms with Crippen molar-refractivity contribution >= 4 is 5.71 Å². The molecular weight excluding hydrogens is 220 g/mol. The van der Waals surface area contributed by atoms with Crippen LogP contribution in [0.3, 0.4) is 0 Å². The van der Waals surface area contributed by atoms with Gasteiger partial charge in [-0.3, -0.25) is 4.99 Å². The van der Waals surface area contributed by atoms with Crippen molar-refractivity contribution in [3.05, 3.63) is 11.8 Å². The van der Waals surface area contributed by atoms with Crippen LogP contribution in [-0.2, 0) is 0 Å². The fourth-order valence-electron chi connectivity index (χ4n) is 3.49. The Balaban J connectivity index is 1.98. The van der Waals surface area contributed by atoms with Gasteiger partial charge in [0, 0.05) is 24.4 Å². The average Bonchev–Trinajstić information content (AvgIpc) is 2.46. The summed E-state index contributed by atoms with van der Waals surface area (Å²) in [6, 6.07) is 0. The quantitative estimate of drug-likeness (QED) is 0.751. The molecule has 0 amide bonds. The van der Waals surface area contributed by atoms with Gasteiger partial charge in [0.25, 0.3) is 0 Å². The Bertz CT molecular complexity index is 305. The molecule has 0 bridgehead atoms. The van der Waals surface area contributed by atoms with Gasteiger partial charge < -0.3 is 5.73 Å². The molecule has 0 spiro atoms. The van der Waals surface area contributed by atoms with Crippen molar-refractivity contribution in [2.45, 2.75) is 64.2 Å². The van der Waals surface area contributed by atoms with Crippen molar-refractivity contribution in [3.8, 4) is 0 Å². The first kappa shape index (κ1) is 13.6. The Morgan fingerprint density at radius 1 is 0.889 bits per heavy atom. The molecule has 2 aliphatic rings. The average molecular weight is 248 g/mol. The first-order valence-electron chi connectivity index (χ1n) is 7.75. The van der Waals surface area contributed by atoms with Gasteiger partial charge in [-0.25, -0.2) is 0 Å². The molecule has 2 rings (SSSR count). The summed E-state index contributed by atoms with van der Waals surface area (Å²) < 4.78 is 0. The van der Waals surface area contributed by atoms with Crippen LogP contribution < -0.4 is 5.73 Å². The second-order valence-corrected chi connectivity index (χ2v) is 5.96. The number of aliphatic imine (C=N–C) groups is 1. The summed E-state index contributed by atoms with van der Waals surface area (Å²) in [5, 5.41) is 0. The van der Waals surface area contributed by atoms with Gasteiger partial charge in [0.05, 0.1) is 0 Å². The molecule has 0 radical (unpaired) electrons. The van der Waals surface area contributed by atoms with E-state index in [9.17, 15) is 0 Å². The molecule has 2 aliphatic carbocycles. The highest BCUT2D eigenvalue weighted by molar-refractivity contribution is 5.97. The minimum Gasteiger partial charge on any atom is -0.402 e. The van der Waals surface area contributed by atoms with Gasteiger partial charge in [-0.2, -0.15) is 0 Å². The molecule has 2 saturated carbocycles. The first-order valence-corrected chi connectivity index (χ1v) is 7.75. The fraction of sp³-hybridized carbons (Fsp3) is 0.812. The second kappa shape index (κ2) is 6.96. The van der Waals surface area contributed by atoms with Crippen LogP contribution in [0, 0.1) is 11.8 Å². The molecule has 0 aliphatic heterocycles. The zero-order chi connectivity index (χ0) is 12.8. The van der Waals surface area contributed by atoms with Crippen molar-refractivity contribution < 1.29 is 0 Å². The molecule has 18 heavy (non-hydrogen) atoms. The number of rotatable bonds is 3. The Morgan fingerprint density at radius 3 is 1.89 bits per heavy atom. The van der Waals surface area contributed by atoms with Gasteiger partial charge in [-0.1, -0.05) is 38.5 Å². The van der Waals surface area contributed by atoms with Crippen molar-refractivity contribution in [3.63, 3.8) is 0 Å². The lowest BCUT2D eigenvalue weighted by molar-refractivity contribution is 0.400. The van der Waals surface area contributed by atoms with E-state index in [2.05, 4.69) is 11.1 Å². The summed E-state index contributed by atoms with van der Waals surface area (Å²) >= 11 is 0. The minimum atomic E-state index is 0.624. The molecule has 0 aromatic heterocycles. The Morgan fingerprint density at radius 2 is 1.39 bits per heavy atom. The van der Waals surface area contributed by atoms with Crippen LogP contribution in [0.4, 0.5) is 0 Å². The second-order valence-electron chi connectivity index (χ2n) is 5.96. The molecule has 0 aromatic carbocycles. The lowest BCUT2D eigenvalue weighted by Gasteiger charge is -2.25. The van der Waals surface area contributed by atoms with Crippen LogP contribution in [-0.4, -0.2) is 12.8 Å². The van der Waals surface area contributed by atoms with Crippen LogP contribution in [0.15, 0.2) is 16.8 Å². The first-order chi connectivity index (χ1) is 8.81. The monoisotopic (exact) mass is 248 g/mol. The predicted molar refractivity (Wildman–Crippen MR) is 78.8 cm³/mol. The fourth-order valence-corrected chi connectivity index (χ4v) is 3.49. The van der Waals surface area contributed by atoms with Crippen molar-refractivity contribution in [1.29, 1.82) is 0 Å². The van der Waals surface area contributed by atoms with Gasteiger partial charge in [-0.15, -0.1) is 0 Å². The summed E-state index contributed by atoms with van der Waals surface area (Å²) in [6.45, 7) is 0. The Kier molecular flexibility index (Phi) is 5.27. The normalized spacial score (nSPS) is 25.4. The maximum absolute atomic E-state index is 6.31. The molecule has 102 valence electrons. The van der Waals surface area contributed by atoms with Gasteiger partial charge >= 0.3 is 0 Å². The van der Waals surface area contributed by atoms with E-state index in [-0.39, 0.29) is 0 Å². The van der Waals surface area contributed by atoms with Crippen LogP contribution in [0.25, 0.3) is 0 Å². The van der Waals surface area contributed by atoms with Crippen LogP contribution in [0.5, 0.6) is 0 Å². The third-order valence-electron chi connectivity index (χ3n) is 4.67. The standard InChI is InChI=1S/C16H28N2/c1-18-16(14-10-6-3-7-11-14)12-15(17)13-8-4-2-5-9-13/h12-14H,2-11,17H2,1H3. The molecule has 0 atom stereocenters. The van der Waals surface area contributed by atoms with Crippen molar-refractivity contribution in [2.24, 2.45) is 22.6 Å². The molecule has 2 fully saturated rings. The zero-order valence-corrected chi connectivity index (χ0v) is 11.8. The van der Waals surface area contributed by atoms with Gasteiger partial charge in [0.15, 0.2) is 0 Å². The van der Waals surface area contributed by atoms with E-state index >= 15 is 0 Å². The minimum absolute atomic E-state index is 0.624. The number of nitrogens with zero attached hydrogens (tertiary/aromatic N) is 1. The molecule has 2 nitrogen and oxygen atoms in total. The SMILES string of the molecule is CN=C(C=C(N)C1CCCCC1)C1CCCCC1. The molecule has 0 heterocycles. The Labute approximate surface area is 112 Å². The van der Waals surface area contributed by atoms with E-state index in [1.165, 1.54) is 69.9 Å². The lowest BCUT2D eigenvalue weighted by atomic mass is 9.83. The number of hydrogen-bond acceptors (Lipinski definition) is 2. The van der Waals surface area contributed by atoms with Gasteiger partial charge in [0.2, 0.25) is 0 Å². The third kappa shape index (κ3) is 3.60. The molecule has 2 N–H and O–H groups in total. The molecule has 0 aromatic rings. The van der Waals surface area contributed by atoms with E-state index in [1.54, 1.807) is 0 Å². The highest BCUT2D eigenvalue weighted by Crippen LogP contribution is 2.29. The molecule has 2 heteroatoms. The summed E-state index contributed by atoms with van der Waals surface area (Å²) in [6.07, 6.45) is 15.6. The molecule has 0 unspecified atom stereocenters. The summed E-state index contributed by atoms with van der Waals surface area (Å²) in [5.41, 5.74) is 8.67. The summed E-state index contributed by atoms with van der Waals surface area (Å²) in [4.78, 5) is 4.51. The maximum atomic E-state index is 6.31. The van der Waals surface area contributed by atoms with E-state index in [4.69, 9.17) is 5.73 Å². The lowest BCUT2D eigenvalue weighted by Crippen LogP contribution is -2.21. The largest absolute Gasteiger partial charge is 0.402 e. The van der Waals surface area contributed by atoms with E-state index < -0.39 is 0 Å². The van der Waals surface area contributed by atoms with Crippen LogP contribution in [0.2, 0.25) is 0 Å². The molecular formula is C16H28N2. The highest BCUT2D eigenvalue weighted by Gasteiger charge is 2.20.